The Morgan fingerprint density at radius 3 is 2.39 bits per heavy atom. The molecule has 0 radical (unpaired) electrons. The molecule has 0 saturated carbocycles. The number of halogens is 2. The van der Waals surface area contributed by atoms with Gasteiger partial charge in [-0.25, -0.2) is 8.78 Å². The van der Waals surface area contributed by atoms with Crippen LogP contribution in [0.5, 0.6) is 0 Å². The van der Waals surface area contributed by atoms with Crippen LogP contribution in [-0.2, 0) is 14.3 Å². The number of hydrogen-bond donors (Lipinski definition) is 1. The third-order valence-corrected chi connectivity index (χ3v) is 5.37. The molecule has 2 fully saturated rings. The van der Waals surface area contributed by atoms with Gasteiger partial charge >= 0.3 is 0 Å². The average Bonchev–Trinajstić information content (AvgIpc) is 3.02. The Balaban J connectivity index is 1.90. The fraction of sp³-hybridized carbons (Fsp3) is 0.652. The van der Waals surface area contributed by atoms with Crippen LogP contribution in [0.25, 0.3) is 0 Å². The number of carbonyl (C=O) groups is 2. The Morgan fingerprint density at radius 2 is 1.81 bits per heavy atom. The van der Waals surface area contributed by atoms with Gasteiger partial charge in [0.05, 0.1) is 12.1 Å². The Bertz CT molecular complexity index is 879. The molecule has 0 aliphatic carbocycles. The summed E-state index contributed by atoms with van der Waals surface area (Å²) in [6.45, 7) is 13.6. The molecule has 1 aromatic rings. The van der Waals surface area contributed by atoms with E-state index in [-0.39, 0.29) is 23.4 Å². The van der Waals surface area contributed by atoms with E-state index in [1.54, 1.807) is 13.8 Å². The first-order valence-corrected chi connectivity index (χ1v) is 10.5. The van der Waals surface area contributed by atoms with Crippen LogP contribution >= 0.6 is 0 Å². The van der Waals surface area contributed by atoms with Crippen LogP contribution in [0.4, 0.5) is 8.78 Å². The molecular weight excluding hydrogens is 406 g/mol. The van der Waals surface area contributed by atoms with Crippen LogP contribution in [-0.4, -0.2) is 52.8 Å². The van der Waals surface area contributed by atoms with Crippen LogP contribution in [0, 0.1) is 17.0 Å². The SMILES string of the molecule is CC(C)(C)CC(C)(C)NC(=O)[C@@H]1[C@H]2OC(C)(C)O[C@H]2CN1C(=O)c1ccc(F)cc1F. The molecule has 1 N–H and O–H groups in total. The highest BCUT2D eigenvalue weighted by molar-refractivity contribution is 5.98. The third kappa shape index (κ3) is 5.23. The summed E-state index contributed by atoms with van der Waals surface area (Å²) >= 11 is 0. The summed E-state index contributed by atoms with van der Waals surface area (Å²) in [4.78, 5) is 27.8. The van der Waals surface area contributed by atoms with Gasteiger partial charge in [-0.2, -0.15) is 0 Å². The Kier molecular flexibility index (Phi) is 5.95. The van der Waals surface area contributed by atoms with E-state index in [1.165, 1.54) is 4.90 Å². The highest BCUT2D eigenvalue weighted by atomic mass is 19.1. The highest BCUT2D eigenvalue weighted by Crippen LogP contribution is 2.38. The van der Waals surface area contributed by atoms with E-state index in [0.29, 0.717) is 12.5 Å². The second-order valence-electron chi connectivity index (χ2n) is 10.8. The van der Waals surface area contributed by atoms with Gasteiger partial charge in [0.2, 0.25) is 5.91 Å². The molecule has 2 aliphatic heterocycles. The van der Waals surface area contributed by atoms with Crippen molar-refractivity contribution < 1.29 is 27.8 Å². The lowest BCUT2D eigenvalue weighted by Crippen LogP contribution is -2.56. The maximum absolute atomic E-state index is 14.3. The number of nitrogens with zero attached hydrogens (tertiary/aromatic N) is 1. The van der Waals surface area contributed by atoms with Crippen LogP contribution in [0.3, 0.4) is 0 Å². The molecule has 0 bridgehead atoms. The van der Waals surface area contributed by atoms with Crippen molar-refractivity contribution in [1.82, 2.24) is 10.2 Å². The Morgan fingerprint density at radius 1 is 1.16 bits per heavy atom. The number of fused-ring (bicyclic) bond motifs is 1. The van der Waals surface area contributed by atoms with Crippen molar-refractivity contribution in [3.8, 4) is 0 Å². The zero-order valence-electron chi connectivity index (χ0n) is 19.2. The number of benzene rings is 1. The first-order chi connectivity index (χ1) is 14.1. The summed E-state index contributed by atoms with van der Waals surface area (Å²) in [5, 5.41) is 3.03. The third-order valence-electron chi connectivity index (χ3n) is 5.37. The van der Waals surface area contributed by atoms with Gasteiger partial charge in [0, 0.05) is 11.6 Å². The minimum Gasteiger partial charge on any atom is -0.349 e. The summed E-state index contributed by atoms with van der Waals surface area (Å²) in [5.74, 6) is -3.74. The van der Waals surface area contributed by atoms with Gasteiger partial charge in [0.25, 0.3) is 5.91 Å². The largest absolute Gasteiger partial charge is 0.349 e. The van der Waals surface area contributed by atoms with Crippen LogP contribution in [0.2, 0.25) is 0 Å². The fourth-order valence-corrected chi connectivity index (χ4v) is 4.85. The molecule has 2 saturated heterocycles. The number of likely N-dealkylation sites (tertiary alicyclic amines) is 1. The van der Waals surface area contributed by atoms with Gasteiger partial charge in [-0.3, -0.25) is 9.59 Å². The van der Waals surface area contributed by atoms with Gasteiger partial charge in [0.1, 0.15) is 29.9 Å². The molecule has 8 heteroatoms. The lowest BCUT2D eigenvalue weighted by atomic mass is 9.81. The monoisotopic (exact) mass is 438 g/mol. The van der Waals surface area contributed by atoms with Crippen molar-refractivity contribution in [2.75, 3.05) is 6.54 Å². The highest BCUT2D eigenvalue weighted by Gasteiger charge is 2.57. The number of rotatable bonds is 4. The zero-order chi connectivity index (χ0) is 23.4. The summed E-state index contributed by atoms with van der Waals surface area (Å²) < 4.78 is 39.5. The van der Waals surface area contributed by atoms with Gasteiger partial charge < -0.3 is 19.7 Å². The van der Waals surface area contributed by atoms with E-state index in [9.17, 15) is 18.4 Å². The van der Waals surface area contributed by atoms with Crippen LogP contribution < -0.4 is 5.32 Å². The maximum Gasteiger partial charge on any atom is 0.257 e. The second-order valence-corrected chi connectivity index (χ2v) is 10.8. The zero-order valence-corrected chi connectivity index (χ0v) is 19.2. The van der Waals surface area contributed by atoms with E-state index in [2.05, 4.69) is 26.1 Å². The van der Waals surface area contributed by atoms with Crippen LogP contribution in [0.1, 0.15) is 65.2 Å². The number of ether oxygens (including phenoxy) is 2. The molecule has 3 atom stereocenters. The standard InChI is InChI=1S/C23H32F2N2O4/c1-21(2,3)12-22(4,5)26-19(28)17-18-16(30-23(6,7)31-18)11-27(17)20(29)14-9-8-13(24)10-15(14)25/h8-10,16-18H,11-12H2,1-7H3,(H,26,28)/t16-,17-,18-/m0/s1. The second kappa shape index (κ2) is 7.81. The summed E-state index contributed by atoms with van der Waals surface area (Å²) in [6, 6.07) is 1.76. The normalized spacial score (nSPS) is 25.5. The number of hydrogen-bond acceptors (Lipinski definition) is 4. The van der Waals surface area contributed by atoms with E-state index in [1.807, 2.05) is 13.8 Å². The van der Waals surface area contributed by atoms with Crippen molar-refractivity contribution in [1.29, 1.82) is 0 Å². The summed E-state index contributed by atoms with van der Waals surface area (Å²) in [5.41, 5.74) is -0.873. The van der Waals surface area contributed by atoms with Gasteiger partial charge in [-0.1, -0.05) is 20.8 Å². The topological polar surface area (TPSA) is 67.9 Å². The fourth-order valence-electron chi connectivity index (χ4n) is 4.85. The van der Waals surface area contributed by atoms with E-state index in [4.69, 9.17) is 9.47 Å². The summed E-state index contributed by atoms with van der Waals surface area (Å²) in [6.07, 6.45) is -0.507. The quantitative estimate of drug-likeness (QED) is 0.780. The van der Waals surface area contributed by atoms with Gasteiger partial charge in [0.15, 0.2) is 5.79 Å². The predicted molar refractivity (Wildman–Crippen MR) is 111 cm³/mol. The van der Waals surface area contributed by atoms with Crippen molar-refractivity contribution in [2.24, 2.45) is 5.41 Å². The van der Waals surface area contributed by atoms with Gasteiger partial charge in [-0.05, 0) is 51.7 Å². The summed E-state index contributed by atoms with van der Waals surface area (Å²) in [7, 11) is 0. The minimum atomic E-state index is -0.997. The molecule has 2 heterocycles. The average molecular weight is 439 g/mol. The molecule has 0 spiro atoms. The molecule has 0 unspecified atom stereocenters. The number of nitrogens with one attached hydrogen (secondary N) is 1. The minimum absolute atomic E-state index is 0.0311. The Hall–Kier alpha value is -2.06. The first kappa shape index (κ1) is 23.6. The molecule has 3 rings (SSSR count). The molecule has 0 aromatic heterocycles. The molecule has 1 aromatic carbocycles. The van der Waals surface area contributed by atoms with Gasteiger partial charge in [-0.15, -0.1) is 0 Å². The van der Waals surface area contributed by atoms with Crippen molar-refractivity contribution >= 4 is 11.8 Å². The van der Waals surface area contributed by atoms with E-state index in [0.717, 1.165) is 12.1 Å². The predicted octanol–water partition coefficient (Wildman–Crippen LogP) is 3.64. The molecule has 6 nitrogen and oxygen atoms in total. The molecular formula is C23H32F2N2O4. The van der Waals surface area contributed by atoms with Crippen molar-refractivity contribution in [2.45, 2.75) is 84.5 Å². The van der Waals surface area contributed by atoms with E-state index < -0.39 is 47.1 Å². The molecule has 2 amide bonds. The Labute approximate surface area is 182 Å². The number of carbonyl (C=O) groups excluding carboxylic acids is 2. The maximum atomic E-state index is 14.3. The molecule has 2 aliphatic rings. The first-order valence-electron chi connectivity index (χ1n) is 10.5. The van der Waals surface area contributed by atoms with Crippen molar-refractivity contribution in [3.05, 3.63) is 35.4 Å². The van der Waals surface area contributed by atoms with E-state index >= 15 is 0 Å². The smallest absolute Gasteiger partial charge is 0.257 e. The molecule has 31 heavy (non-hydrogen) atoms. The van der Waals surface area contributed by atoms with Crippen molar-refractivity contribution in [3.63, 3.8) is 0 Å². The molecule has 172 valence electrons. The lowest BCUT2D eigenvalue weighted by Gasteiger charge is -2.36. The lowest BCUT2D eigenvalue weighted by molar-refractivity contribution is -0.162. The van der Waals surface area contributed by atoms with Crippen LogP contribution in [0.15, 0.2) is 18.2 Å². The number of amides is 2.